The van der Waals surface area contributed by atoms with Crippen LogP contribution in [0.3, 0.4) is 0 Å². The molecule has 0 radical (unpaired) electrons. The summed E-state index contributed by atoms with van der Waals surface area (Å²) in [5.41, 5.74) is -0.343. The van der Waals surface area contributed by atoms with Crippen molar-refractivity contribution in [1.29, 1.82) is 0 Å². The monoisotopic (exact) mass is 340 g/mol. The fourth-order valence-corrected chi connectivity index (χ4v) is 5.85. The van der Waals surface area contributed by atoms with Crippen molar-refractivity contribution in [3.8, 4) is 5.75 Å². The highest BCUT2D eigenvalue weighted by atomic mass is 16.3. The van der Waals surface area contributed by atoms with Gasteiger partial charge in [0.25, 0.3) is 5.91 Å². The van der Waals surface area contributed by atoms with E-state index in [2.05, 4.69) is 25.7 Å². The molecule has 130 valence electrons. The zero-order valence-corrected chi connectivity index (χ0v) is 13.8. The summed E-state index contributed by atoms with van der Waals surface area (Å²) in [6.07, 6.45) is 9.06. The van der Waals surface area contributed by atoms with Gasteiger partial charge in [-0.3, -0.25) is 4.79 Å². The number of aromatic hydroxyl groups is 1. The van der Waals surface area contributed by atoms with Crippen molar-refractivity contribution in [3.05, 3.63) is 30.4 Å². The van der Waals surface area contributed by atoms with Crippen LogP contribution in [-0.4, -0.2) is 41.7 Å². The molecule has 0 saturated heterocycles. The smallest absolute Gasteiger partial charge is 0.274 e. The molecule has 8 heteroatoms. The van der Waals surface area contributed by atoms with Gasteiger partial charge in [-0.1, -0.05) is 0 Å². The molecule has 6 rings (SSSR count). The number of carbonyl (C=O) groups is 1. The molecule has 0 aromatic carbocycles. The summed E-state index contributed by atoms with van der Waals surface area (Å²) < 4.78 is 0. The van der Waals surface area contributed by atoms with Gasteiger partial charge in [0.2, 0.25) is 0 Å². The molecule has 4 bridgehead atoms. The standard InChI is InChI=1S/C17H20N6O2/c24-13-2-1-3-18-14(13)15(25)21-16-5-11-4-12(6-16)8-17(7-11,9-16)23-20-10-19-22-23/h1-3,10-12,24H,4-9H2,(H,21,25)/t11-,12+,16?,17?. The average Bonchev–Trinajstić information content (AvgIpc) is 3.08. The molecule has 2 N–H and O–H groups in total. The second kappa shape index (κ2) is 5.00. The van der Waals surface area contributed by atoms with Crippen LogP contribution in [0.4, 0.5) is 0 Å². The summed E-state index contributed by atoms with van der Waals surface area (Å²) in [5, 5.41) is 25.5. The number of hydrogen-bond donors (Lipinski definition) is 2. The van der Waals surface area contributed by atoms with Crippen LogP contribution < -0.4 is 5.32 Å². The van der Waals surface area contributed by atoms with Crippen LogP contribution >= 0.6 is 0 Å². The first-order valence-corrected chi connectivity index (χ1v) is 8.78. The molecule has 0 spiro atoms. The van der Waals surface area contributed by atoms with Gasteiger partial charge in [0.05, 0.1) is 5.54 Å². The van der Waals surface area contributed by atoms with E-state index >= 15 is 0 Å². The van der Waals surface area contributed by atoms with Gasteiger partial charge in [0, 0.05) is 11.7 Å². The van der Waals surface area contributed by atoms with E-state index < -0.39 is 0 Å². The Morgan fingerprint density at radius 3 is 2.76 bits per heavy atom. The average molecular weight is 340 g/mol. The van der Waals surface area contributed by atoms with Gasteiger partial charge in [-0.2, -0.15) is 4.80 Å². The summed E-state index contributed by atoms with van der Waals surface area (Å²) in [4.78, 5) is 18.6. The van der Waals surface area contributed by atoms with E-state index in [9.17, 15) is 9.90 Å². The first-order valence-electron chi connectivity index (χ1n) is 8.78. The predicted molar refractivity (Wildman–Crippen MR) is 86.6 cm³/mol. The molecule has 8 nitrogen and oxygen atoms in total. The maximum atomic E-state index is 12.8. The number of amides is 1. The van der Waals surface area contributed by atoms with Crippen LogP contribution in [0.15, 0.2) is 24.7 Å². The molecule has 4 fully saturated rings. The largest absolute Gasteiger partial charge is 0.505 e. The molecule has 4 aliphatic carbocycles. The predicted octanol–water partition coefficient (Wildman–Crippen LogP) is 1.25. The lowest BCUT2D eigenvalue weighted by molar-refractivity contribution is -0.0811. The van der Waals surface area contributed by atoms with Gasteiger partial charge in [-0.15, -0.1) is 10.2 Å². The first-order chi connectivity index (χ1) is 12.1. The lowest BCUT2D eigenvalue weighted by Crippen LogP contribution is -2.66. The van der Waals surface area contributed by atoms with Gasteiger partial charge >= 0.3 is 0 Å². The first kappa shape index (κ1) is 14.8. The van der Waals surface area contributed by atoms with Crippen LogP contribution in [0, 0.1) is 11.8 Å². The van der Waals surface area contributed by atoms with Crippen molar-refractivity contribution in [3.63, 3.8) is 0 Å². The van der Waals surface area contributed by atoms with Gasteiger partial charge in [-0.05, 0) is 67.7 Å². The number of hydrogen-bond acceptors (Lipinski definition) is 6. The molecule has 4 saturated carbocycles. The van der Waals surface area contributed by atoms with E-state index in [0.717, 1.165) is 32.1 Å². The van der Waals surface area contributed by atoms with Crippen molar-refractivity contribution < 1.29 is 9.90 Å². The minimum atomic E-state index is -0.304. The summed E-state index contributed by atoms with van der Waals surface area (Å²) in [7, 11) is 0. The Hall–Kier alpha value is -2.51. The highest BCUT2D eigenvalue weighted by Gasteiger charge is 2.60. The quantitative estimate of drug-likeness (QED) is 0.871. The van der Waals surface area contributed by atoms with Crippen molar-refractivity contribution in [2.45, 2.75) is 49.6 Å². The summed E-state index contributed by atoms with van der Waals surface area (Å²) in [6.45, 7) is 0. The molecule has 4 aliphatic rings. The number of tetrazole rings is 1. The number of pyridine rings is 1. The van der Waals surface area contributed by atoms with Crippen LogP contribution in [0.1, 0.15) is 49.0 Å². The molecule has 25 heavy (non-hydrogen) atoms. The normalized spacial score (nSPS) is 35.7. The third kappa shape index (κ3) is 2.23. The molecule has 2 aromatic heterocycles. The Balaban J connectivity index is 1.47. The molecule has 4 atom stereocenters. The third-order valence-electron chi connectivity index (χ3n) is 6.18. The van der Waals surface area contributed by atoms with Crippen molar-refractivity contribution in [1.82, 2.24) is 30.5 Å². The van der Waals surface area contributed by atoms with E-state index in [0.29, 0.717) is 11.8 Å². The lowest BCUT2D eigenvalue weighted by atomic mass is 9.50. The van der Waals surface area contributed by atoms with E-state index in [1.165, 1.54) is 25.0 Å². The number of rotatable bonds is 3. The second-order valence-corrected chi connectivity index (χ2v) is 8.02. The summed E-state index contributed by atoms with van der Waals surface area (Å²) >= 11 is 0. The summed E-state index contributed by atoms with van der Waals surface area (Å²) in [6, 6.07) is 3.10. The Morgan fingerprint density at radius 1 is 1.28 bits per heavy atom. The lowest BCUT2D eigenvalue weighted by Gasteiger charge is -2.61. The summed E-state index contributed by atoms with van der Waals surface area (Å²) in [5.74, 6) is 0.730. The van der Waals surface area contributed by atoms with E-state index in [-0.39, 0.29) is 28.4 Å². The minimum Gasteiger partial charge on any atom is -0.505 e. The maximum absolute atomic E-state index is 12.8. The highest BCUT2D eigenvalue weighted by Crippen LogP contribution is 2.60. The number of nitrogens with one attached hydrogen (secondary N) is 1. The van der Waals surface area contributed by atoms with Gasteiger partial charge in [0.1, 0.15) is 5.75 Å². The number of nitrogens with zero attached hydrogens (tertiary/aromatic N) is 5. The molecule has 2 aromatic rings. The van der Waals surface area contributed by atoms with Crippen molar-refractivity contribution in [2.24, 2.45) is 11.8 Å². The SMILES string of the molecule is O=C(NC12C[C@H]3C[C@@H](C1)CC(n1ncnn1)(C3)C2)c1ncccc1O. The van der Waals surface area contributed by atoms with E-state index in [4.69, 9.17) is 0 Å². The Kier molecular flexibility index (Phi) is 2.96. The Labute approximate surface area is 144 Å². The molecule has 1 amide bonds. The van der Waals surface area contributed by atoms with Gasteiger partial charge in [0.15, 0.2) is 12.0 Å². The molecular formula is C17H20N6O2. The number of aromatic nitrogens is 5. The molecular weight excluding hydrogens is 320 g/mol. The molecule has 2 heterocycles. The van der Waals surface area contributed by atoms with Gasteiger partial charge in [-0.25, -0.2) is 4.98 Å². The zero-order chi connectivity index (χ0) is 17.1. The van der Waals surface area contributed by atoms with E-state index in [1.54, 1.807) is 10.9 Å². The van der Waals surface area contributed by atoms with Crippen LogP contribution in [0.2, 0.25) is 0 Å². The topological polar surface area (TPSA) is 106 Å². The second-order valence-electron chi connectivity index (χ2n) is 8.02. The van der Waals surface area contributed by atoms with Crippen LogP contribution in [0.25, 0.3) is 0 Å². The van der Waals surface area contributed by atoms with Gasteiger partial charge < -0.3 is 10.4 Å². The van der Waals surface area contributed by atoms with E-state index in [1.807, 2.05) is 0 Å². The third-order valence-corrected chi connectivity index (χ3v) is 6.18. The zero-order valence-electron chi connectivity index (χ0n) is 13.8. The van der Waals surface area contributed by atoms with Crippen molar-refractivity contribution >= 4 is 5.91 Å². The van der Waals surface area contributed by atoms with Crippen LogP contribution in [0.5, 0.6) is 5.75 Å². The Morgan fingerprint density at radius 2 is 2.08 bits per heavy atom. The Bertz CT molecular complexity index is 806. The van der Waals surface area contributed by atoms with Crippen LogP contribution in [-0.2, 0) is 5.54 Å². The maximum Gasteiger partial charge on any atom is 0.274 e. The number of carbonyl (C=O) groups excluding carboxylic acids is 1. The fourth-order valence-electron chi connectivity index (χ4n) is 5.85. The highest BCUT2D eigenvalue weighted by molar-refractivity contribution is 5.95. The molecule has 2 unspecified atom stereocenters. The molecule has 0 aliphatic heterocycles. The minimum absolute atomic E-state index is 0.0858. The van der Waals surface area contributed by atoms with Crippen molar-refractivity contribution in [2.75, 3.05) is 0 Å². The fraction of sp³-hybridized carbons (Fsp3) is 0.588.